The molecule has 0 heterocycles. The molecule has 6 N–H and O–H groups in total. The molecule has 100 valence electrons. The van der Waals surface area contributed by atoms with E-state index in [-0.39, 0.29) is 36.7 Å². The molecule has 0 aromatic rings. The van der Waals surface area contributed by atoms with Gasteiger partial charge in [-0.3, -0.25) is 4.79 Å². The summed E-state index contributed by atoms with van der Waals surface area (Å²) in [6.07, 6.45) is 1.92. The summed E-state index contributed by atoms with van der Waals surface area (Å²) in [6, 6.07) is 0. The zero-order chi connectivity index (χ0) is 11.0. The number of quaternary nitrogens is 2. The van der Waals surface area contributed by atoms with Crippen molar-refractivity contribution in [3.8, 4) is 0 Å². The van der Waals surface area contributed by atoms with Gasteiger partial charge in [-0.1, -0.05) is 6.92 Å². The van der Waals surface area contributed by atoms with Gasteiger partial charge < -0.3 is 41.0 Å². The number of carbonyl (C=O) groups excluding carboxylic acids is 1. The van der Waals surface area contributed by atoms with Gasteiger partial charge in [0.25, 0.3) is 0 Å². The van der Waals surface area contributed by atoms with Crippen LogP contribution in [0.4, 0.5) is 0 Å². The van der Waals surface area contributed by atoms with Crippen LogP contribution in [-0.4, -0.2) is 25.7 Å². The van der Waals surface area contributed by atoms with Crippen LogP contribution in [0.5, 0.6) is 0 Å². The maximum Gasteiger partial charge on any atom is 0.308 e. The Balaban J connectivity index is -0.000000845. The number of ether oxygens (including phenoxy) is 1. The highest BCUT2D eigenvalue weighted by molar-refractivity contribution is 5.71. The summed E-state index contributed by atoms with van der Waals surface area (Å²) in [5.41, 5.74) is 7.70. The van der Waals surface area contributed by atoms with E-state index in [9.17, 15) is 4.79 Å². The molecule has 0 spiro atoms. The van der Waals surface area contributed by atoms with Gasteiger partial charge >= 0.3 is 5.97 Å². The summed E-state index contributed by atoms with van der Waals surface area (Å²) in [6.45, 7) is 6.01. The zero-order valence-electron chi connectivity index (χ0n) is 10.2. The molecule has 0 fully saturated rings. The maximum atomic E-state index is 11.3. The molecule has 0 aliphatic heterocycles. The minimum absolute atomic E-state index is 0. The van der Waals surface area contributed by atoms with Gasteiger partial charge in [-0.05, 0) is 13.3 Å². The molecule has 0 aromatic heterocycles. The van der Waals surface area contributed by atoms with Crippen molar-refractivity contribution in [2.24, 2.45) is 11.8 Å². The third-order valence-corrected chi connectivity index (χ3v) is 2.40. The van der Waals surface area contributed by atoms with E-state index in [1.807, 2.05) is 13.8 Å². The molecule has 4 nitrogen and oxygen atoms in total. The van der Waals surface area contributed by atoms with Gasteiger partial charge in [0.15, 0.2) is 0 Å². The summed E-state index contributed by atoms with van der Waals surface area (Å²) >= 11 is 0. The molecule has 0 bridgehead atoms. The zero-order valence-corrected chi connectivity index (χ0v) is 11.7. The van der Waals surface area contributed by atoms with Crippen molar-refractivity contribution >= 4 is 5.97 Å². The normalized spacial score (nSPS) is 13.0. The number of hydrogen-bond acceptors (Lipinski definition) is 2. The number of hydrogen-bond donors (Lipinski definition) is 2. The maximum absolute atomic E-state index is 11.3. The second-order valence-electron chi connectivity index (χ2n) is 3.69. The van der Waals surface area contributed by atoms with E-state index in [4.69, 9.17) is 4.74 Å². The SMILES string of the molecule is CCOC(=O)C(C)CC(C[NH3+])CC[NH3+].[Cl-].[Cl-]. The van der Waals surface area contributed by atoms with Crippen molar-refractivity contribution < 1.29 is 45.8 Å². The predicted octanol–water partition coefficient (Wildman–Crippen LogP) is -6.93. The van der Waals surface area contributed by atoms with E-state index in [1.165, 1.54) is 0 Å². The summed E-state index contributed by atoms with van der Waals surface area (Å²) in [4.78, 5) is 11.3. The first-order valence-corrected chi connectivity index (χ1v) is 5.40. The van der Waals surface area contributed by atoms with E-state index >= 15 is 0 Å². The molecule has 0 saturated heterocycles. The molecule has 2 atom stereocenters. The summed E-state index contributed by atoms with van der Waals surface area (Å²) in [7, 11) is 0. The van der Waals surface area contributed by atoms with E-state index in [0.717, 1.165) is 25.9 Å². The quantitative estimate of drug-likeness (QED) is 0.453. The predicted molar refractivity (Wildman–Crippen MR) is 54.0 cm³/mol. The van der Waals surface area contributed by atoms with Crippen molar-refractivity contribution in [3.05, 3.63) is 0 Å². The van der Waals surface area contributed by atoms with Crippen LogP contribution >= 0.6 is 0 Å². The van der Waals surface area contributed by atoms with Crippen molar-refractivity contribution in [2.75, 3.05) is 19.7 Å². The molecule has 2 unspecified atom stereocenters. The number of carbonyl (C=O) groups is 1. The molecule has 0 aliphatic carbocycles. The minimum atomic E-state index is -0.0880. The molecule has 0 saturated carbocycles. The lowest BCUT2D eigenvalue weighted by atomic mass is 9.93. The van der Waals surface area contributed by atoms with Gasteiger partial charge in [0.1, 0.15) is 0 Å². The third-order valence-electron chi connectivity index (χ3n) is 2.40. The van der Waals surface area contributed by atoms with Crippen molar-refractivity contribution in [3.63, 3.8) is 0 Å². The monoisotopic (exact) mass is 274 g/mol. The smallest absolute Gasteiger partial charge is 0.308 e. The highest BCUT2D eigenvalue weighted by Crippen LogP contribution is 2.14. The van der Waals surface area contributed by atoms with Gasteiger partial charge in [0.05, 0.1) is 25.6 Å². The second-order valence-corrected chi connectivity index (χ2v) is 3.69. The fourth-order valence-electron chi connectivity index (χ4n) is 1.55. The molecular weight excluding hydrogens is 251 g/mol. The van der Waals surface area contributed by atoms with Gasteiger partial charge in [-0.2, -0.15) is 0 Å². The van der Waals surface area contributed by atoms with Gasteiger partial charge in [-0.25, -0.2) is 0 Å². The molecule has 6 heteroatoms. The molecule has 16 heavy (non-hydrogen) atoms. The van der Waals surface area contributed by atoms with Crippen LogP contribution in [0.25, 0.3) is 0 Å². The van der Waals surface area contributed by atoms with Crippen LogP contribution in [0.15, 0.2) is 0 Å². The van der Waals surface area contributed by atoms with Gasteiger partial charge in [-0.15, -0.1) is 0 Å². The minimum Gasteiger partial charge on any atom is -1.00 e. The lowest BCUT2D eigenvalue weighted by Crippen LogP contribution is -3.00. The van der Waals surface area contributed by atoms with E-state index in [0.29, 0.717) is 12.5 Å². The average molecular weight is 275 g/mol. The van der Waals surface area contributed by atoms with Crippen LogP contribution in [-0.2, 0) is 9.53 Å². The molecule has 0 amide bonds. The highest BCUT2D eigenvalue weighted by Gasteiger charge is 2.19. The van der Waals surface area contributed by atoms with Gasteiger partial charge in [0.2, 0.25) is 0 Å². The van der Waals surface area contributed by atoms with Gasteiger partial charge in [0, 0.05) is 12.3 Å². The Morgan fingerprint density at radius 2 is 1.88 bits per heavy atom. The molecule has 0 rings (SSSR count). The van der Waals surface area contributed by atoms with E-state index < -0.39 is 0 Å². The van der Waals surface area contributed by atoms with Crippen LogP contribution in [0.1, 0.15) is 26.7 Å². The Morgan fingerprint density at radius 3 is 2.25 bits per heavy atom. The standard InChI is InChI=1S/C10H22N2O2.2ClH/c1-3-14-10(13)8(2)6-9(7-12)4-5-11;;/h8-9H,3-7,11-12H2,1-2H3;2*1H. The Kier molecular flexibility index (Phi) is 17.3. The van der Waals surface area contributed by atoms with E-state index in [2.05, 4.69) is 11.5 Å². The largest absolute Gasteiger partial charge is 1.00 e. The van der Waals surface area contributed by atoms with E-state index in [1.54, 1.807) is 0 Å². The average Bonchev–Trinajstić information content (AvgIpc) is 2.17. The Hall–Kier alpha value is -0.0300. The summed E-state index contributed by atoms with van der Waals surface area (Å²) < 4.78 is 4.95. The van der Waals surface area contributed by atoms with Crippen LogP contribution < -0.4 is 36.3 Å². The highest BCUT2D eigenvalue weighted by atomic mass is 35.5. The van der Waals surface area contributed by atoms with Crippen LogP contribution in [0.3, 0.4) is 0 Å². The Labute approximate surface area is 110 Å². The fourth-order valence-corrected chi connectivity index (χ4v) is 1.55. The number of halogens is 2. The second kappa shape index (κ2) is 13.0. The third kappa shape index (κ3) is 9.21. The molecule has 0 radical (unpaired) electrons. The molecular formula is C10H24Cl2N2O2. The topological polar surface area (TPSA) is 81.6 Å². The Bertz CT molecular complexity index is 171. The summed E-state index contributed by atoms with van der Waals surface area (Å²) in [5, 5.41) is 0. The first-order chi connectivity index (χ1) is 6.65. The first kappa shape index (κ1) is 21.3. The van der Waals surface area contributed by atoms with Crippen molar-refractivity contribution in [1.29, 1.82) is 0 Å². The number of rotatable bonds is 7. The summed E-state index contributed by atoms with van der Waals surface area (Å²) in [5.74, 6) is 0.412. The van der Waals surface area contributed by atoms with Crippen molar-refractivity contribution in [2.45, 2.75) is 26.7 Å². The van der Waals surface area contributed by atoms with Crippen LogP contribution in [0, 0.1) is 11.8 Å². The Morgan fingerprint density at radius 1 is 1.31 bits per heavy atom. The first-order valence-electron chi connectivity index (χ1n) is 5.40. The van der Waals surface area contributed by atoms with Crippen LogP contribution in [0.2, 0.25) is 0 Å². The van der Waals surface area contributed by atoms with Crippen molar-refractivity contribution in [1.82, 2.24) is 0 Å². The molecule has 0 aromatic carbocycles. The lowest BCUT2D eigenvalue weighted by molar-refractivity contribution is -0.395. The lowest BCUT2D eigenvalue weighted by Gasteiger charge is -2.15. The number of esters is 1. The molecule has 0 aliphatic rings. The fraction of sp³-hybridized carbons (Fsp3) is 0.900.